The molecular formula is C25H29FN3O5P. The Morgan fingerprint density at radius 3 is 2.54 bits per heavy atom. The first-order valence-electron chi connectivity index (χ1n) is 11.7. The number of para-hydroxylation sites is 1. The maximum atomic E-state index is 14.1. The van der Waals surface area contributed by atoms with Crippen molar-refractivity contribution in [2.75, 3.05) is 18.5 Å². The zero-order valence-electron chi connectivity index (χ0n) is 19.7. The van der Waals surface area contributed by atoms with Crippen LogP contribution in [-0.4, -0.2) is 28.7 Å². The van der Waals surface area contributed by atoms with E-state index in [1.807, 2.05) is 0 Å². The van der Waals surface area contributed by atoms with E-state index in [0.717, 1.165) is 25.3 Å². The molecule has 0 unspecified atom stereocenters. The molecule has 1 heterocycles. The van der Waals surface area contributed by atoms with Crippen molar-refractivity contribution >= 4 is 35.3 Å². The van der Waals surface area contributed by atoms with E-state index in [1.165, 1.54) is 16.7 Å². The smallest absolute Gasteiger partial charge is 0.363 e. The highest BCUT2D eigenvalue weighted by Crippen LogP contribution is 2.48. The van der Waals surface area contributed by atoms with E-state index in [0.29, 0.717) is 18.0 Å². The predicted octanol–water partition coefficient (Wildman–Crippen LogP) is 4.98. The number of amidine groups is 1. The second kappa shape index (κ2) is 10.3. The van der Waals surface area contributed by atoms with Crippen LogP contribution in [0.1, 0.15) is 38.7 Å². The van der Waals surface area contributed by atoms with Gasteiger partial charge in [0.1, 0.15) is 23.0 Å². The van der Waals surface area contributed by atoms with Gasteiger partial charge in [-0.3, -0.25) is 14.8 Å². The first kappa shape index (κ1) is 25.1. The number of fused-ring (bicyclic) bond motifs is 1. The molecule has 4 rings (SSSR count). The number of nitrogens with zero attached hydrogens (tertiary/aromatic N) is 1. The maximum absolute atomic E-state index is 14.1. The zero-order chi connectivity index (χ0) is 25.2. The normalized spacial score (nSPS) is 13.8. The van der Waals surface area contributed by atoms with Gasteiger partial charge >= 0.3 is 7.60 Å². The Balaban J connectivity index is 1.79. The largest absolute Gasteiger partial charge is 0.506 e. The molecule has 3 N–H and O–H groups in total. The standard InChI is InChI=1S/C25H29FN3O5P/c1-3-33-35(32,34-4-2)21-8-6-5-7-19(21)28-24(27)22-23(30)18-15-17(26)11-12-20(18)29(25(22)31)14-13-16-9-10-16/h5-8,11-12,15-16,30H,3-4,9-10,13-14H2,1-2H3,(H2,27,28). The third kappa shape index (κ3) is 5.17. The summed E-state index contributed by atoms with van der Waals surface area (Å²) in [7, 11) is -3.71. The van der Waals surface area contributed by atoms with Crippen molar-refractivity contribution in [1.29, 1.82) is 5.41 Å². The van der Waals surface area contributed by atoms with Crippen molar-refractivity contribution in [3.63, 3.8) is 0 Å². The van der Waals surface area contributed by atoms with Crippen LogP contribution >= 0.6 is 7.60 Å². The van der Waals surface area contributed by atoms with E-state index < -0.39 is 30.6 Å². The lowest BCUT2D eigenvalue weighted by atomic mass is 10.1. The molecular weight excluding hydrogens is 472 g/mol. The molecule has 1 fully saturated rings. The third-order valence-corrected chi connectivity index (χ3v) is 8.14. The van der Waals surface area contributed by atoms with Crippen LogP contribution in [0.25, 0.3) is 10.9 Å². The van der Waals surface area contributed by atoms with Gasteiger partial charge in [-0.15, -0.1) is 0 Å². The van der Waals surface area contributed by atoms with Gasteiger partial charge in [0.15, 0.2) is 0 Å². The molecule has 3 aromatic rings. The third-order valence-electron chi connectivity index (χ3n) is 5.97. The van der Waals surface area contributed by atoms with Crippen LogP contribution in [0, 0.1) is 17.1 Å². The maximum Gasteiger partial charge on any atom is 0.363 e. The summed E-state index contributed by atoms with van der Waals surface area (Å²) < 4.78 is 39.8. The van der Waals surface area contributed by atoms with Crippen molar-refractivity contribution in [2.45, 2.75) is 39.7 Å². The van der Waals surface area contributed by atoms with Gasteiger partial charge in [-0.25, -0.2) is 4.39 Å². The molecule has 8 nitrogen and oxygen atoms in total. The summed E-state index contributed by atoms with van der Waals surface area (Å²) in [6.45, 7) is 4.07. The van der Waals surface area contributed by atoms with Crippen LogP contribution < -0.4 is 16.2 Å². The minimum atomic E-state index is -3.71. The molecule has 35 heavy (non-hydrogen) atoms. The molecule has 1 aromatic heterocycles. The summed E-state index contributed by atoms with van der Waals surface area (Å²) in [5.74, 6) is -0.915. The fraction of sp³-hybridized carbons (Fsp3) is 0.360. The molecule has 0 atom stereocenters. The number of benzene rings is 2. The van der Waals surface area contributed by atoms with Gasteiger partial charge in [0.25, 0.3) is 5.56 Å². The van der Waals surface area contributed by atoms with Crippen molar-refractivity contribution in [3.8, 4) is 5.75 Å². The SMILES string of the molecule is CCOP(=O)(OCC)c1ccccc1NC(=N)c1c(O)c2cc(F)ccc2n(CCC2CC2)c1=O. The molecule has 0 aliphatic heterocycles. The minimum Gasteiger partial charge on any atom is -0.506 e. The van der Waals surface area contributed by atoms with Crippen LogP contribution in [-0.2, 0) is 20.2 Å². The highest BCUT2D eigenvalue weighted by atomic mass is 31.2. The van der Waals surface area contributed by atoms with Gasteiger partial charge in [0.05, 0.1) is 29.7 Å². The van der Waals surface area contributed by atoms with Gasteiger partial charge in [-0.05, 0) is 56.5 Å². The Kier molecular flexibility index (Phi) is 7.40. The number of hydrogen-bond acceptors (Lipinski definition) is 6. The molecule has 1 saturated carbocycles. The number of aromatic nitrogens is 1. The molecule has 1 aliphatic carbocycles. The number of anilines is 1. The topological polar surface area (TPSA) is 114 Å². The van der Waals surface area contributed by atoms with E-state index in [1.54, 1.807) is 38.1 Å². The Labute approximate surface area is 202 Å². The summed E-state index contributed by atoms with van der Waals surface area (Å²) in [5.41, 5.74) is -0.208. The fourth-order valence-corrected chi connectivity index (χ4v) is 5.84. The lowest BCUT2D eigenvalue weighted by Gasteiger charge is -2.21. The second-order valence-electron chi connectivity index (χ2n) is 8.42. The summed E-state index contributed by atoms with van der Waals surface area (Å²) in [4.78, 5) is 13.5. The highest BCUT2D eigenvalue weighted by Gasteiger charge is 2.31. The lowest BCUT2D eigenvalue weighted by molar-refractivity contribution is 0.230. The summed E-state index contributed by atoms with van der Waals surface area (Å²) in [6.07, 6.45) is 3.01. The molecule has 186 valence electrons. The van der Waals surface area contributed by atoms with E-state index in [4.69, 9.17) is 14.5 Å². The number of aromatic hydroxyl groups is 1. The van der Waals surface area contributed by atoms with Crippen LogP contribution in [0.4, 0.5) is 10.1 Å². The number of rotatable bonds is 10. The predicted molar refractivity (Wildman–Crippen MR) is 135 cm³/mol. The van der Waals surface area contributed by atoms with Crippen molar-refractivity contribution in [3.05, 3.63) is 64.2 Å². The van der Waals surface area contributed by atoms with Gasteiger partial charge in [0.2, 0.25) is 0 Å². The molecule has 0 spiro atoms. The summed E-state index contributed by atoms with van der Waals surface area (Å²) in [6, 6.07) is 10.3. The monoisotopic (exact) mass is 501 g/mol. The molecule has 2 aromatic carbocycles. The molecule has 0 radical (unpaired) electrons. The van der Waals surface area contributed by atoms with Crippen LogP contribution in [0.3, 0.4) is 0 Å². The average molecular weight is 501 g/mol. The van der Waals surface area contributed by atoms with Crippen molar-refractivity contribution in [2.24, 2.45) is 5.92 Å². The Hall–Kier alpha value is -3.00. The molecule has 10 heteroatoms. The molecule has 0 bridgehead atoms. The van der Waals surface area contributed by atoms with E-state index in [-0.39, 0.29) is 35.2 Å². The first-order valence-corrected chi connectivity index (χ1v) is 13.2. The minimum absolute atomic E-state index is 0.143. The number of pyridine rings is 1. The molecule has 0 amide bonds. The Morgan fingerprint density at radius 1 is 1.20 bits per heavy atom. The quantitative estimate of drug-likeness (QED) is 0.205. The van der Waals surface area contributed by atoms with Crippen molar-refractivity contribution in [1.82, 2.24) is 4.57 Å². The molecule has 0 saturated heterocycles. The van der Waals surface area contributed by atoms with Crippen molar-refractivity contribution < 1.29 is 23.1 Å². The highest BCUT2D eigenvalue weighted by molar-refractivity contribution is 7.62. The average Bonchev–Trinajstić information content (AvgIpc) is 3.64. The van der Waals surface area contributed by atoms with Crippen LogP contribution in [0.15, 0.2) is 47.3 Å². The lowest BCUT2D eigenvalue weighted by Crippen LogP contribution is -2.31. The number of aryl methyl sites for hydroxylation is 1. The van der Waals surface area contributed by atoms with Gasteiger partial charge in [-0.2, -0.15) is 0 Å². The first-order chi connectivity index (χ1) is 16.8. The van der Waals surface area contributed by atoms with E-state index in [2.05, 4.69) is 5.32 Å². The zero-order valence-corrected chi connectivity index (χ0v) is 20.6. The summed E-state index contributed by atoms with van der Waals surface area (Å²) >= 11 is 0. The number of nitrogens with one attached hydrogen (secondary N) is 2. The van der Waals surface area contributed by atoms with Gasteiger partial charge in [0, 0.05) is 11.9 Å². The van der Waals surface area contributed by atoms with Crippen LogP contribution in [0.5, 0.6) is 5.75 Å². The Bertz CT molecular complexity index is 1360. The van der Waals surface area contributed by atoms with Crippen LogP contribution in [0.2, 0.25) is 0 Å². The van der Waals surface area contributed by atoms with Gasteiger partial charge < -0.3 is 24.0 Å². The molecule has 1 aliphatic rings. The van der Waals surface area contributed by atoms with E-state index >= 15 is 0 Å². The number of hydrogen-bond donors (Lipinski definition) is 3. The van der Waals surface area contributed by atoms with Gasteiger partial charge in [-0.1, -0.05) is 25.0 Å². The van der Waals surface area contributed by atoms with E-state index in [9.17, 15) is 18.9 Å². The Morgan fingerprint density at radius 2 is 1.89 bits per heavy atom. The summed E-state index contributed by atoms with van der Waals surface area (Å²) in [5, 5.41) is 22.8. The number of halogens is 1. The fourth-order valence-electron chi connectivity index (χ4n) is 4.11. The second-order valence-corrected chi connectivity index (χ2v) is 10.4.